The molecule has 0 bridgehead atoms. The van der Waals surface area contributed by atoms with Gasteiger partial charge in [0.15, 0.2) is 0 Å². The maximum absolute atomic E-state index is 8.81. The van der Waals surface area contributed by atoms with Gasteiger partial charge in [0.2, 0.25) is 0 Å². The Morgan fingerprint density at radius 3 is 2.77 bits per heavy atom. The topological polar surface area (TPSA) is 62.5 Å². The number of nitrogens with zero attached hydrogens (tertiary/aromatic N) is 1. The van der Waals surface area contributed by atoms with Crippen molar-refractivity contribution >= 4 is 0 Å². The van der Waals surface area contributed by atoms with Gasteiger partial charge in [-0.25, -0.2) is 0 Å². The van der Waals surface area contributed by atoms with Crippen LogP contribution in [0.5, 0.6) is 0 Å². The molecule has 0 aliphatic carbocycles. The third-order valence-corrected chi connectivity index (χ3v) is 2.21. The quantitative estimate of drug-likeness (QED) is 0.685. The molecule has 1 heterocycles. The fraction of sp³-hybridized carbons (Fsp3) is 0.889. The first kappa shape index (κ1) is 10.5. The van der Waals surface area contributed by atoms with Crippen molar-refractivity contribution in [2.75, 3.05) is 26.4 Å². The summed E-state index contributed by atoms with van der Waals surface area (Å²) >= 11 is 0. The van der Waals surface area contributed by atoms with Crippen molar-refractivity contribution in [1.82, 2.24) is 0 Å². The molecule has 0 aromatic rings. The van der Waals surface area contributed by atoms with Crippen LogP contribution in [0.15, 0.2) is 0 Å². The Morgan fingerprint density at radius 1 is 1.54 bits per heavy atom. The molecule has 74 valence electrons. The number of aliphatic hydroxyl groups is 1. The van der Waals surface area contributed by atoms with Gasteiger partial charge in [-0.3, -0.25) is 0 Å². The van der Waals surface area contributed by atoms with E-state index in [2.05, 4.69) is 6.07 Å². The van der Waals surface area contributed by atoms with Crippen LogP contribution in [-0.4, -0.2) is 37.6 Å². The fourth-order valence-electron chi connectivity index (χ4n) is 1.48. The lowest BCUT2D eigenvalue weighted by Crippen LogP contribution is -2.29. The van der Waals surface area contributed by atoms with Gasteiger partial charge in [-0.15, -0.1) is 0 Å². The number of aliphatic hydroxyl groups excluding tert-OH is 1. The molecule has 1 unspecified atom stereocenters. The maximum Gasteiger partial charge on any atom is 0.147 e. The van der Waals surface area contributed by atoms with Crippen LogP contribution < -0.4 is 0 Å². The molecule has 0 aromatic heterocycles. The summed E-state index contributed by atoms with van der Waals surface area (Å²) in [5.74, 6) is 0.269. The van der Waals surface area contributed by atoms with Crippen molar-refractivity contribution in [3.63, 3.8) is 0 Å². The number of nitriles is 1. The molecule has 1 atom stereocenters. The van der Waals surface area contributed by atoms with E-state index in [1.54, 1.807) is 0 Å². The van der Waals surface area contributed by atoms with Crippen LogP contribution in [0.25, 0.3) is 0 Å². The zero-order chi connectivity index (χ0) is 9.52. The summed E-state index contributed by atoms with van der Waals surface area (Å²) in [5.41, 5.74) is 0. The van der Waals surface area contributed by atoms with Crippen LogP contribution >= 0.6 is 0 Å². The second-order valence-electron chi connectivity index (χ2n) is 3.09. The van der Waals surface area contributed by atoms with Crippen LogP contribution in [0.1, 0.15) is 12.8 Å². The first-order valence-electron chi connectivity index (χ1n) is 4.58. The first-order valence-corrected chi connectivity index (χ1v) is 4.58. The van der Waals surface area contributed by atoms with Crippen LogP contribution in [0, 0.1) is 17.2 Å². The molecule has 0 aromatic carbocycles. The van der Waals surface area contributed by atoms with Crippen molar-refractivity contribution in [3.05, 3.63) is 0 Å². The molecule has 0 radical (unpaired) electrons. The van der Waals surface area contributed by atoms with E-state index in [-0.39, 0.29) is 25.2 Å². The lowest BCUT2D eigenvalue weighted by molar-refractivity contribution is -0.0177. The highest BCUT2D eigenvalue weighted by molar-refractivity contribution is 4.90. The van der Waals surface area contributed by atoms with Crippen molar-refractivity contribution < 1.29 is 14.6 Å². The van der Waals surface area contributed by atoms with E-state index in [1.807, 2.05) is 0 Å². The van der Waals surface area contributed by atoms with Crippen molar-refractivity contribution in [3.8, 4) is 6.07 Å². The standard InChI is InChI=1S/C9H15NO3/c10-7-9(13-6-3-11)8-1-4-12-5-2-8/h8-9,11H,1-6H2. The van der Waals surface area contributed by atoms with Gasteiger partial charge in [-0.05, 0) is 12.8 Å². The fourth-order valence-corrected chi connectivity index (χ4v) is 1.48. The Kier molecular flexibility index (Phi) is 4.76. The molecule has 4 nitrogen and oxygen atoms in total. The van der Waals surface area contributed by atoms with E-state index in [4.69, 9.17) is 19.8 Å². The first-order chi connectivity index (χ1) is 6.38. The van der Waals surface area contributed by atoms with Gasteiger partial charge < -0.3 is 14.6 Å². The summed E-state index contributed by atoms with van der Waals surface area (Å²) < 4.78 is 10.4. The lowest BCUT2D eigenvalue weighted by Gasteiger charge is -2.25. The Hall–Kier alpha value is -0.630. The van der Waals surface area contributed by atoms with E-state index < -0.39 is 0 Å². The predicted molar refractivity (Wildman–Crippen MR) is 46.0 cm³/mol. The van der Waals surface area contributed by atoms with Crippen molar-refractivity contribution in [2.24, 2.45) is 5.92 Å². The zero-order valence-corrected chi connectivity index (χ0v) is 7.61. The molecule has 1 N–H and O–H groups in total. The Morgan fingerprint density at radius 2 is 2.23 bits per heavy atom. The highest BCUT2D eigenvalue weighted by atomic mass is 16.5. The average Bonchev–Trinajstić information content (AvgIpc) is 2.21. The molecule has 4 heteroatoms. The highest BCUT2D eigenvalue weighted by Gasteiger charge is 2.24. The molecule has 0 saturated carbocycles. The molecule has 1 saturated heterocycles. The number of rotatable bonds is 4. The second kappa shape index (κ2) is 5.92. The minimum Gasteiger partial charge on any atom is -0.394 e. The molecule has 1 fully saturated rings. The Bertz CT molecular complexity index is 172. The van der Waals surface area contributed by atoms with Gasteiger partial charge in [-0.2, -0.15) is 5.26 Å². The SMILES string of the molecule is N#CC(OCCO)C1CCOCC1. The van der Waals surface area contributed by atoms with Crippen LogP contribution in [0.4, 0.5) is 0 Å². The van der Waals surface area contributed by atoms with E-state index in [1.165, 1.54) is 0 Å². The molecule has 1 aliphatic rings. The summed E-state index contributed by atoms with van der Waals surface area (Å²) in [6, 6.07) is 2.12. The monoisotopic (exact) mass is 185 g/mol. The minimum atomic E-state index is -0.379. The maximum atomic E-state index is 8.81. The van der Waals surface area contributed by atoms with Gasteiger partial charge in [0.25, 0.3) is 0 Å². The zero-order valence-electron chi connectivity index (χ0n) is 7.61. The summed E-state index contributed by atoms with van der Waals surface area (Å²) in [7, 11) is 0. The largest absolute Gasteiger partial charge is 0.394 e. The number of ether oxygens (including phenoxy) is 2. The van der Waals surface area contributed by atoms with Gasteiger partial charge in [0, 0.05) is 19.1 Å². The van der Waals surface area contributed by atoms with Gasteiger partial charge in [-0.1, -0.05) is 0 Å². The summed E-state index contributed by atoms with van der Waals surface area (Å²) in [6.45, 7) is 1.65. The molecule has 0 spiro atoms. The van der Waals surface area contributed by atoms with Gasteiger partial charge in [0.1, 0.15) is 6.10 Å². The molecule has 0 amide bonds. The van der Waals surface area contributed by atoms with Crippen LogP contribution in [0.3, 0.4) is 0 Å². The van der Waals surface area contributed by atoms with Crippen LogP contribution in [-0.2, 0) is 9.47 Å². The summed E-state index contributed by atoms with van der Waals surface area (Å²) in [4.78, 5) is 0. The third-order valence-electron chi connectivity index (χ3n) is 2.21. The van der Waals surface area contributed by atoms with Crippen LogP contribution in [0.2, 0.25) is 0 Å². The predicted octanol–water partition coefficient (Wildman–Crippen LogP) is 0.314. The number of hydrogen-bond donors (Lipinski definition) is 1. The van der Waals surface area contributed by atoms with E-state index in [0.29, 0.717) is 13.2 Å². The molecular formula is C9H15NO3. The van der Waals surface area contributed by atoms with Gasteiger partial charge >= 0.3 is 0 Å². The second-order valence-corrected chi connectivity index (χ2v) is 3.09. The summed E-state index contributed by atoms with van der Waals surface area (Å²) in [5, 5.41) is 17.4. The Balaban J connectivity index is 2.31. The lowest BCUT2D eigenvalue weighted by atomic mass is 9.95. The van der Waals surface area contributed by atoms with Crippen molar-refractivity contribution in [1.29, 1.82) is 5.26 Å². The molecular weight excluding hydrogens is 170 g/mol. The van der Waals surface area contributed by atoms with E-state index in [0.717, 1.165) is 12.8 Å². The van der Waals surface area contributed by atoms with E-state index >= 15 is 0 Å². The van der Waals surface area contributed by atoms with Crippen molar-refractivity contribution in [2.45, 2.75) is 18.9 Å². The van der Waals surface area contributed by atoms with Gasteiger partial charge in [0.05, 0.1) is 19.3 Å². The van der Waals surface area contributed by atoms with E-state index in [9.17, 15) is 0 Å². The molecule has 13 heavy (non-hydrogen) atoms. The molecule has 1 aliphatic heterocycles. The highest BCUT2D eigenvalue weighted by Crippen LogP contribution is 2.20. The smallest absolute Gasteiger partial charge is 0.147 e. The third kappa shape index (κ3) is 3.31. The number of hydrogen-bond acceptors (Lipinski definition) is 4. The average molecular weight is 185 g/mol. The minimum absolute atomic E-state index is 0.0264. The Labute approximate surface area is 78.1 Å². The molecule has 1 rings (SSSR count). The summed E-state index contributed by atoms with van der Waals surface area (Å²) in [6.07, 6.45) is 1.38. The normalized spacial score (nSPS) is 20.9.